The van der Waals surface area contributed by atoms with Crippen molar-refractivity contribution < 1.29 is 23.8 Å². The van der Waals surface area contributed by atoms with Crippen LogP contribution in [0.2, 0.25) is 0 Å². The molecule has 0 spiro atoms. The second kappa shape index (κ2) is 7.44. The first kappa shape index (κ1) is 17.6. The molecule has 140 valence electrons. The third kappa shape index (κ3) is 3.40. The summed E-state index contributed by atoms with van der Waals surface area (Å²) in [6.45, 7) is 0.138. The maximum Gasteiger partial charge on any atom is 0.255 e. The van der Waals surface area contributed by atoms with E-state index >= 15 is 0 Å². The molecule has 0 fully saturated rings. The summed E-state index contributed by atoms with van der Waals surface area (Å²) in [4.78, 5) is 25.6. The lowest BCUT2D eigenvalue weighted by molar-refractivity contribution is 0.102. The molecule has 0 bridgehead atoms. The number of ketones is 1. The summed E-state index contributed by atoms with van der Waals surface area (Å²) in [7, 11) is 1.57. The van der Waals surface area contributed by atoms with E-state index in [0.717, 1.165) is 0 Å². The Morgan fingerprint density at radius 1 is 0.893 bits per heavy atom. The van der Waals surface area contributed by atoms with E-state index in [4.69, 9.17) is 14.2 Å². The van der Waals surface area contributed by atoms with Crippen molar-refractivity contribution in [2.75, 3.05) is 19.2 Å². The molecule has 1 amide bonds. The van der Waals surface area contributed by atoms with Gasteiger partial charge in [-0.3, -0.25) is 9.59 Å². The average Bonchev–Trinajstić information content (AvgIpc) is 3.21. The van der Waals surface area contributed by atoms with Gasteiger partial charge in [-0.15, -0.1) is 0 Å². The average molecular weight is 375 g/mol. The first-order chi connectivity index (χ1) is 13.7. The number of methoxy groups -OCH3 is 1. The molecule has 0 atom stereocenters. The zero-order valence-electron chi connectivity index (χ0n) is 15.1. The van der Waals surface area contributed by atoms with Crippen LogP contribution in [0.15, 0.2) is 66.7 Å². The molecule has 1 N–H and O–H groups in total. The summed E-state index contributed by atoms with van der Waals surface area (Å²) < 4.78 is 15.7. The Bertz CT molecular complexity index is 1040. The van der Waals surface area contributed by atoms with Gasteiger partial charge in [0.1, 0.15) is 5.75 Å². The number of fused-ring (bicyclic) bond motifs is 1. The van der Waals surface area contributed by atoms with E-state index in [2.05, 4.69) is 5.32 Å². The fraction of sp³-hybridized carbons (Fsp3) is 0.0909. The van der Waals surface area contributed by atoms with Crippen LogP contribution in [0.3, 0.4) is 0 Å². The highest BCUT2D eigenvalue weighted by molar-refractivity contribution is 6.15. The molecule has 0 aromatic heterocycles. The van der Waals surface area contributed by atoms with Crippen molar-refractivity contribution in [2.24, 2.45) is 0 Å². The smallest absolute Gasteiger partial charge is 0.255 e. The molecule has 0 radical (unpaired) electrons. The van der Waals surface area contributed by atoms with E-state index < -0.39 is 0 Å². The zero-order valence-corrected chi connectivity index (χ0v) is 15.1. The van der Waals surface area contributed by atoms with E-state index in [-0.39, 0.29) is 18.5 Å². The minimum Gasteiger partial charge on any atom is -0.497 e. The minimum absolute atomic E-state index is 0.138. The Morgan fingerprint density at radius 3 is 2.39 bits per heavy atom. The highest BCUT2D eigenvalue weighted by Gasteiger charge is 2.19. The van der Waals surface area contributed by atoms with Crippen LogP contribution in [0.4, 0.5) is 5.69 Å². The molecule has 0 aliphatic carbocycles. The lowest BCUT2D eigenvalue weighted by atomic mass is 10.0. The van der Waals surface area contributed by atoms with Gasteiger partial charge in [-0.1, -0.05) is 12.1 Å². The zero-order chi connectivity index (χ0) is 19.5. The molecule has 6 nitrogen and oxygen atoms in total. The van der Waals surface area contributed by atoms with Crippen molar-refractivity contribution in [3.05, 3.63) is 83.4 Å². The lowest BCUT2D eigenvalue weighted by Crippen LogP contribution is -2.15. The van der Waals surface area contributed by atoms with Gasteiger partial charge in [-0.25, -0.2) is 0 Å². The quantitative estimate of drug-likeness (QED) is 0.685. The number of hydrogen-bond donors (Lipinski definition) is 1. The number of carbonyl (C=O) groups excluding carboxylic acids is 2. The van der Waals surface area contributed by atoms with Gasteiger partial charge in [0.05, 0.1) is 12.8 Å². The van der Waals surface area contributed by atoms with Crippen molar-refractivity contribution in [1.29, 1.82) is 0 Å². The molecule has 0 saturated heterocycles. The van der Waals surface area contributed by atoms with Gasteiger partial charge >= 0.3 is 0 Å². The first-order valence-electron chi connectivity index (χ1n) is 8.64. The van der Waals surface area contributed by atoms with Crippen LogP contribution in [0.25, 0.3) is 0 Å². The van der Waals surface area contributed by atoms with Crippen molar-refractivity contribution >= 4 is 17.4 Å². The fourth-order valence-corrected chi connectivity index (χ4v) is 2.92. The van der Waals surface area contributed by atoms with E-state index in [1.807, 2.05) is 0 Å². The molecule has 3 aromatic carbocycles. The molecule has 1 aliphatic heterocycles. The largest absolute Gasteiger partial charge is 0.497 e. The van der Waals surface area contributed by atoms with E-state index in [1.54, 1.807) is 73.8 Å². The highest BCUT2D eigenvalue weighted by atomic mass is 16.7. The van der Waals surface area contributed by atoms with Gasteiger partial charge in [0.15, 0.2) is 17.3 Å². The molecule has 1 aliphatic rings. The van der Waals surface area contributed by atoms with Gasteiger partial charge in [0.25, 0.3) is 5.91 Å². The van der Waals surface area contributed by atoms with Gasteiger partial charge in [-0.2, -0.15) is 0 Å². The van der Waals surface area contributed by atoms with Crippen LogP contribution in [-0.4, -0.2) is 25.6 Å². The van der Waals surface area contributed by atoms with Gasteiger partial charge in [-0.05, 0) is 54.6 Å². The summed E-state index contributed by atoms with van der Waals surface area (Å²) in [6.07, 6.45) is 0. The van der Waals surface area contributed by atoms with Crippen molar-refractivity contribution in [1.82, 2.24) is 0 Å². The number of rotatable bonds is 5. The fourth-order valence-electron chi connectivity index (χ4n) is 2.92. The Kier molecular flexibility index (Phi) is 4.68. The Balaban J connectivity index is 1.58. The number of anilines is 1. The number of para-hydroxylation sites is 1. The maximum atomic E-state index is 12.9. The van der Waals surface area contributed by atoms with Crippen LogP contribution in [-0.2, 0) is 0 Å². The van der Waals surface area contributed by atoms with Crippen LogP contribution < -0.4 is 19.5 Å². The number of nitrogens with one attached hydrogen (secondary N) is 1. The number of benzene rings is 3. The molecule has 0 saturated carbocycles. The Hall–Kier alpha value is -3.80. The molecule has 0 unspecified atom stereocenters. The molecular formula is C22H17NO5. The Labute approximate surface area is 161 Å². The highest BCUT2D eigenvalue weighted by Crippen LogP contribution is 2.32. The van der Waals surface area contributed by atoms with Crippen molar-refractivity contribution in [2.45, 2.75) is 0 Å². The first-order valence-corrected chi connectivity index (χ1v) is 8.64. The third-order valence-electron chi connectivity index (χ3n) is 4.41. The van der Waals surface area contributed by atoms with Crippen molar-refractivity contribution in [3.8, 4) is 17.2 Å². The van der Waals surface area contributed by atoms with E-state index in [9.17, 15) is 9.59 Å². The maximum absolute atomic E-state index is 12.9. The SMILES string of the molecule is COc1ccc(C(=O)c2ccccc2NC(=O)c2ccc3c(c2)OCO3)cc1. The second-order valence-corrected chi connectivity index (χ2v) is 6.13. The molecule has 28 heavy (non-hydrogen) atoms. The number of carbonyl (C=O) groups is 2. The summed E-state index contributed by atoms with van der Waals surface area (Å²) in [5.41, 5.74) is 1.76. The molecule has 1 heterocycles. The van der Waals surface area contributed by atoms with Gasteiger partial charge < -0.3 is 19.5 Å². The van der Waals surface area contributed by atoms with Crippen LogP contribution in [0.5, 0.6) is 17.2 Å². The van der Waals surface area contributed by atoms with Crippen molar-refractivity contribution in [3.63, 3.8) is 0 Å². The van der Waals surface area contributed by atoms with Crippen LogP contribution in [0.1, 0.15) is 26.3 Å². The van der Waals surface area contributed by atoms with Gasteiger partial charge in [0.2, 0.25) is 6.79 Å². The number of ether oxygens (including phenoxy) is 3. The lowest BCUT2D eigenvalue weighted by Gasteiger charge is -2.11. The summed E-state index contributed by atoms with van der Waals surface area (Å²) in [6, 6.07) is 18.7. The Morgan fingerprint density at radius 2 is 1.61 bits per heavy atom. The predicted molar refractivity (Wildman–Crippen MR) is 103 cm³/mol. The summed E-state index contributed by atoms with van der Waals surface area (Å²) in [5, 5.41) is 2.81. The summed E-state index contributed by atoms with van der Waals surface area (Å²) >= 11 is 0. The molecule has 3 aromatic rings. The minimum atomic E-state index is -0.340. The van der Waals surface area contributed by atoms with Gasteiger partial charge in [0, 0.05) is 16.7 Å². The number of hydrogen-bond acceptors (Lipinski definition) is 5. The molecule has 6 heteroatoms. The normalized spacial score (nSPS) is 11.8. The topological polar surface area (TPSA) is 73.9 Å². The number of amides is 1. The third-order valence-corrected chi connectivity index (χ3v) is 4.41. The van der Waals surface area contributed by atoms with Crippen LogP contribution in [0, 0.1) is 0 Å². The summed E-state index contributed by atoms with van der Waals surface area (Å²) in [5.74, 6) is 1.26. The van der Waals surface area contributed by atoms with Crippen LogP contribution >= 0.6 is 0 Å². The molecule has 4 rings (SSSR count). The molecular weight excluding hydrogens is 358 g/mol. The standard InChI is InChI=1S/C22H17NO5/c1-26-16-9-6-14(7-10-16)21(24)17-4-2-3-5-18(17)23-22(25)15-8-11-19-20(12-15)28-13-27-19/h2-12H,13H2,1H3,(H,23,25). The van der Waals surface area contributed by atoms with E-state index in [1.165, 1.54) is 0 Å². The monoisotopic (exact) mass is 375 g/mol. The second-order valence-electron chi connectivity index (χ2n) is 6.13. The predicted octanol–water partition coefficient (Wildman–Crippen LogP) is 3.91. The van der Waals surface area contributed by atoms with E-state index in [0.29, 0.717) is 39.6 Å².